The summed E-state index contributed by atoms with van der Waals surface area (Å²) >= 11 is 5.86. The van der Waals surface area contributed by atoms with Crippen LogP contribution in [0.25, 0.3) is 0 Å². The van der Waals surface area contributed by atoms with Crippen LogP contribution in [0.3, 0.4) is 0 Å². The van der Waals surface area contributed by atoms with Crippen molar-refractivity contribution in [2.24, 2.45) is 4.99 Å². The number of fused-ring (bicyclic) bond motifs is 1. The molecule has 2 aromatic rings. The Balaban J connectivity index is 1.96. The van der Waals surface area contributed by atoms with Crippen LogP contribution in [0, 0.1) is 0 Å². The van der Waals surface area contributed by atoms with Crippen molar-refractivity contribution in [2.75, 3.05) is 5.73 Å². The maximum atomic E-state index is 12.5. The lowest BCUT2D eigenvalue weighted by molar-refractivity contribution is 0.522. The number of anilines is 1. The fraction of sp³-hybridized carbons (Fsp3) is 0.0714. The molecule has 0 radical (unpaired) electrons. The summed E-state index contributed by atoms with van der Waals surface area (Å²) in [5, 5.41) is 0.444. The lowest BCUT2D eigenvalue weighted by atomic mass is 10.2. The molecule has 1 aliphatic heterocycles. The third-order valence-electron chi connectivity index (χ3n) is 3.18. The molecule has 2 aromatic carbocycles. The summed E-state index contributed by atoms with van der Waals surface area (Å²) in [5.74, 6) is 0. The van der Waals surface area contributed by atoms with Crippen molar-refractivity contribution in [3.05, 3.63) is 53.1 Å². The van der Waals surface area contributed by atoms with Crippen LogP contribution in [0.15, 0.2) is 52.4 Å². The Bertz CT molecular complexity index is 834. The minimum atomic E-state index is -3.59. The number of nitrogens with zero attached hydrogens (tertiary/aromatic N) is 2. The van der Waals surface area contributed by atoms with E-state index in [2.05, 4.69) is 4.99 Å². The molecule has 0 amide bonds. The molecule has 21 heavy (non-hydrogen) atoms. The van der Waals surface area contributed by atoms with Crippen LogP contribution in [-0.4, -0.2) is 19.1 Å². The molecule has 108 valence electrons. The maximum absolute atomic E-state index is 12.5. The van der Waals surface area contributed by atoms with Crippen molar-refractivity contribution in [1.29, 1.82) is 0 Å². The Morgan fingerprint density at radius 1 is 1.19 bits per heavy atom. The highest BCUT2D eigenvalue weighted by molar-refractivity contribution is 7.89. The molecule has 0 saturated heterocycles. The van der Waals surface area contributed by atoms with Crippen molar-refractivity contribution < 1.29 is 8.42 Å². The van der Waals surface area contributed by atoms with Gasteiger partial charge < -0.3 is 5.73 Å². The van der Waals surface area contributed by atoms with E-state index in [-0.39, 0.29) is 11.4 Å². The van der Waals surface area contributed by atoms with E-state index in [4.69, 9.17) is 17.3 Å². The van der Waals surface area contributed by atoms with Crippen molar-refractivity contribution in [2.45, 2.75) is 11.4 Å². The van der Waals surface area contributed by atoms with Gasteiger partial charge in [-0.05, 0) is 29.8 Å². The summed E-state index contributed by atoms with van der Waals surface area (Å²) in [4.78, 5) is 4.37. The summed E-state index contributed by atoms with van der Waals surface area (Å²) in [6, 6.07) is 11.7. The molecule has 0 aliphatic carbocycles. The summed E-state index contributed by atoms with van der Waals surface area (Å²) in [5.41, 5.74) is 7.34. The van der Waals surface area contributed by atoms with Crippen LogP contribution in [0.5, 0.6) is 0 Å². The highest BCUT2D eigenvalue weighted by Gasteiger charge is 2.28. The van der Waals surface area contributed by atoms with Crippen LogP contribution in [0.1, 0.15) is 5.56 Å². The molecular formula is C14H12ClN3O2S. The number of para-hydroxylation sites is 1. The molecule has 0 spiro atoms. The lowest BCUT2D eigenvalue weighted by Gasteiger charge is -2.24. The Morgan fingerprint density at radius 3 is 2.71 bits per heavy atom. The number of aliphatic imine (C=N–C) groups is 1. The van der Waals surface area contributed by atoms with Gasteiger partial charge in [0, 0.05) is 0 Å². The number of sulfonamides is 1. The van der Waals surface area contributed by atoms with E-state index >= 15 is 0 Å². The average molecular weight is 322 g/mol. The molecule has 0 atom stereocenters. The SMILES string of the molecule is Nc1cc(CN2C=Nc3ccccc3S2(=O)=O)ccc1Cl. The first-order valence-corrected chi connectivity index (χ1v) is 7.99. The summed E-state index contributed by atoms with van der Waals surface area (Å²) in [7, 11) is -3.59. The van der Waals surface area contributed by atoms with Gasteiger partial charge in [-0.3, -0.25) is 4.31 Å². The molecule has 2 N–H and O–H groups in total. The van der Waals surface area contributed by atoms with Crippen molar-refractivity contribution in [3.8, 4) is 0 Å². The van der Waals surface area contributed by atoms with Gasteiger partial charge in [0.2, 0.25) is 0 Å². The molecule has 0 fully saturated rings. The number of benzene rings is 2. The van der Waals surface area contributed by atoms with Gasteiger partial charge in [0.05, 0.1) is 22.9 Å². The second kappa shape index (κ2) is 5.05. The van der Waals surface area contributed by atoms with Gasteiger partial charge in [-0.2, -0.15) is 0 Å². The molecule has 0 aromatic heterocycles. The smallest absolute Gasteiger partial charge is 0.267 e. The van der Waals surface area contributed by atoms with Gasteiger partial charge in [-0.1, -0.05) is 29.8 Å². The summed E-state index contributed by atoms with van der Waals surface area (Å²) in [6.07, 6.45) is 1.32. The van der Waals surface area contributed by atoms with Crippen LogP contribution in [-0.2, 0) is 16.6 Å². The molecule has 3 rings (SSSR count). The maximum Gasteiger partial charge on any atom is 0.267 e. The number of halogens is 1. The topological polar surface area (TPSA) is 75.8 Å². The predicted molar refractivity (Wildman–Crippen MR) is 83.2 cm³/mol. The van der Waals surface area contributed by atoms with Crippen molar-refractivity contribution >= 4 is 39.3 Å². The normalized spacial score (nSPS) is 15.8. The second-order valence-electron chi connectivity index (χ2n) is 4.62. The van der Waals surface area contributed by atoms with E-state index in [0.717, 1.165) is 5.56 Å². The van der Waals surface area contributed by atoms with E-state index in [1.54, 1.807) is 42.5 Å². The zero-order valence-corrected chi connectivity index (χ0v) is 12.5. The molecule has 5 nitrogen and oxygen atoms in total. The second-order valence-corrected chi connectivity index (χ2v) is 6.88. The van der Waals surface area contributed by atoms with Crippen molar-refractivity contribution in [1.82, 2.24) is 4.31 Å². The molecule has 0 bridgehead atoms. The number of hydrogen-bond donors (Lipinski definition) is 1. The zero-order chi connectivity index (χ0) is 15.0. The Kier molecular flexibility index (Phi) is 3.35. The van der Waals surface area contributed by atoms with Gasteiger partial charge in [0.25, 0.3) is 10.0 Å². The number of hydrogen-bond acceptors (Lipinski definition) is 4. The fourth-order valence-corrected chi connectivity index (χ4v) is 3.59. The molecule has 1 heterocycles. The first-order valence-electron chi connectivity index (χ1n) is 6.17. The van der Waals surface area contributed by atoms with Gasteiger partial charge in [0.15, 0.2) is 0 Å². The average Bonchev–Trinajstić information content (AvgIpc) is 2.46. The third kappa shape index (κ3) is 2.48. The van der Waals surface area contributed by atoms with Crippen LogP contribution in [0.2, 0.25) is 5.02 Å². The third-order valence-corrected chi connectivity index (χ3v) is 5.26. The van der Waals surface area contributed by atoms with Crippen LogP contribution >= 0.6 is 11.6 Å². The van der Waals surface area contributed by atoms with Crippen molar-refractivity contribution in [3.63, 3.8) is 0 Å². The predicted octanol–water partition coefficient (Wildman–Crippen LogP) is 2.79. The molecule has 1 aliphatic rings. The minimum Gasteiger partial charge on any atom is -0.398 e. The Morgan fingerprint density at radius 2 is 1.95 bits per heavy atom. The first kappa shape index (κ1) is 13.9. The Labute approximate surface area is 127 Å². The molecule has 0 saturated carbocycles. The first-order chi connectivity index (χ1) is 9.98. The minimum absolute atomic E-state index is 0.154. The number of nitrogen functional groups attached to an aromatic ring is 1. The standard InChI is InChI=1S/C14H12ClN3O2S/c15-11-6-5-10(7-12(11)16)8-18-9-17-13-3-1-2-4-14(13)21(18,19)20/h1-7,9H,8,16H2. The molecule has 7 heteroatoms. The fourth-order valence-electron chi connectivity index (χ4n) is 2.09. The van der Waals surface area contributed by atoms with Gasteiger partial charge >= 0.3 is 0 Å². The van der Waals surface area contributed by atoms with Crippen LogP contribution < -0.4 is 5.73 Å². The number of nitrogens with two attached hydrogens (primary N) is 1. The monoisotopic (exact) mass is 321 g/mol. The van der Waals surface area contributed by atoms with Crippen LogP contribution in [0.4, 0.5) is 11.4 Å². The molecule has 0 unspecified atom stereocenters. The highest BCUT2D eigenvalue weighted by atomic mass is 35.5. The number of rotatable bonds is 2. The van der Waals surface area contributed by atoms with Gasteiger partial charge in [-0.15, -0.1) is 0 Å². The quantitative estimate of drug-likeness (QED) is 0.864. The zero-order valence-electron chi connectivity index (χ0n) is 10.9. The van der Waals surface area contributed by atoms with E-state index in [0.29, 0.717) is 16.4 Å². The van der Waals surface area contributed by atoms with E-state index < -0.39 is 10.0 Å². The Hall–Kier alpha value is -2.05. The summed E-state index contributed by atoms with van der Waals surface area (Å²) < 4.78 is 26.3. The highest BCUT2D eigenvalue weighted by Crippen LogP contribution is 2.31. The lowest BCUT2D eigenvalue weighted by Crippen LogP contribution is -2.31. The van der Waals surface area contributed by atoms with E-state index in [1.165, 1.54) is 10.6 Å². The van der Waals surface area contributed by atoms with E-state index in [9.17, 15) is 8.42 Å². The van der Waals surface area contributed by atoms with E-state index in [1.807, 2.05) is 0 Å². The molecular weight excluding hydrogens is 310 g/mol. The summed E-state index contributed by atoms with van der Waals surface area (Å²) in [6.45, 7) is 0.154. The van der Waals surface area contributed by atoms with Gasteiger partial charge in [-0.25, -0.2) is 13.4 Å². The largest absolute Gasteiger partial charge is 0.398 e. The van der Waals surface area contributed by atoms with Gasteiger partial charge in [0.1, 0.15) is 11.2 Å².